The van der Waals surface area contributed by atoms with Crippen LogP contribution in [0.5, 0.6) is 0 Å². The lowest BCUT2D eigenvalue weighted by Crippen LogP contribution is -2.36. The maximum atomic E-state index is 12.7. The lowest BCUT2D eigenvalue weighted by atomic mass is 9.84. The third kappa shape index (κ3) is 1.94. The van der Waals surface area contributed by atoms with Crippen molar-refractivity contribution >= 4 is 29.1 Å². The molecule has 6 heteroatoms. The highest BCUT2D eigenvalue weighted by molar-refractivity contribution is 6.47. The summed E-state index contributed by atoms with van der Waals surface area (Å²) >= 11 is 0. The average Bonchev–Trinajstić information content (AvgIpc) is 3.03. The number of esters is 1. The first-order valence-corrected chi connectivity index (χ1v) is 7.64. The number of Topliss-reactive ketones (excluding diaryl/α,β-unsaturated/α-hetero) is 1. The van der Waals surface area contributed by atoms with Crippen LogP contribution in [0.4, 0.5) is 5.69 Å². The highest BCUT2D eigenvalue weighted by atomic mass is 16.6. The number of carbonyl (C=O) groups is 3. The summed E-state index contributed by atoms with van der Waals surface area (Å²) in [4.78, 5) is 37.1. The number of aliphatic hydroxyl groups excluding tert-OH is 1. The van der Waals surface area contributed by atoms with Gasteiger partial charge in [-0.2, -0.15) is 0 Å². The van der Waals surface area contributed by atoms with E-state index in [-0.39, 0.29) is 5.57 Å². The van der Waals surface area contributed by atoms with E-state index in [1.54, 1.807) is 48.5 Å². The minimum absolute atomic E-state index is 0.323. The summed E-state index contributed by atoms with van der Waals surface area (Å²) in [5.74, 6) is -3.31. The fourth-order valence-corrected chi connectivity index (χ4v) is 3.21. The number of aryl methyl sites for hydroxylation is 1. The van der Waals surface area contributed by atoms with Gasteiger partial charge < -0.3 is 15.2 Å². The zero-order valence-corrected chi connectivity index (χ0v) is 13.2. The maximum Gasteiger partial charge on any atom is 0.381 e. The molecule has 2 aromatic rings. The lowest BCUT2D eigenvalue weighted by molar-refractivity contribution is -0.157. The maximum absolute atomic E-state index is 12.7. The highest BCUT2D eigenvalue weighted by Crippen LogP contribution is 2.49. The van der Waals surface area contributed by atoms with Crippen molar-refractivity contribution in [1.29, 1.82) is 0 Å². The predicted molar refractivity (Wildman–Crippen MR) is 88.6 cm³/mol. The van der Waals surface area contributed by atoms with E-state index in [4.69, 9.17) is 4.74 Å². The lowest BCUT2D eigenvalue weighted by Gasteiger charge is -2.21. The van der Waals surface area contributed by atoms with E-state index in [2.05, 4.69) is 5.32 Å². The van der Waals surface area contributed by atoms with Crippen molar-refractivity contribution in [2.45, 2.75) is 12.5 Å². The number of amides is 1. The molecule has 0 bridgehead atoms. The van der Waals surface area contributed by atoms with Gasteiger partial charge in [-0.3, -0.25) is 9.59 Å². The summed E-state index contributed by atoms with van der Waals surface area (Å²) in [7, 11) is 0. The van der Waals surface area contributed by atoms with E-state index < -0.39 is 29.0 Å². The Morgan fingerprint density at radius 2 is 1.72 bits per heavy atom. The standard InChI is InChI=1S/C19H13NO5/c1-10-6-8-11(9-7-10)15(21)14-16(22)17(23)25-19(14)12-4-2-3-5-13(12)20-18(19)24/h2-9,21H,1H3,(H,20,24)/t19-/m1/s1. The number of anilines is 1. The molecule has 1 saturated heterocycles. The van der Waals surface area contributed by atoms with Gasteiger partial charge in [0, 0.05) is 16.8 Å². The molecule has 1 fully saturated rings. The number of ether oxygens (including phenoxy) is 1. The Morgan fingerprint density at radius 1 is 1.04 bits per heavy atom. The Bertz CT molecular complexity index is 974. The van der Waals surface area contributed by atoms with Crippen molar-refractivity contribution in [2.24, 2.45) is 0 Å². The van der Waals surface area contributed by atoms with Crippen LogP contribution in [-0.2, 0) is 24.7 Å². The molecule has 1 amide bonds. The predicted octanol–water partition coefficient (Wildman–Crippen LogP) is 2.24. The van der Waals surface area contributed by atoms with Gasteiger partial charge in [0.2, 0.25) is 0 Å². The first kappa shape index (κ1) is 15.1. The molecular weight excluding hydrogens is 322 g/mol. The zero-order chi connectivity index (χ0) is 17.8. The molecule has 0 aromatic heterocycles. The molecule has 2 aromatic carbocycles. The van der Waals surface area contributed by atoms with Gasteiger partial charge in [-0.05, 0) is 13.0 Å². The summed E-state index contributed by atoms with van der Waals surface area (Å²) in [5, 5.41) is 13.3. The Labute approximate surface area is 142 Å². The molecule has 25 heavy (non-hydrogen) atoms. The van der Waals surface area contributed by atoms with E-state index in [0.717, 1.165) is 5.56 Å². The summed E-state index contributed by atoms with van der Waals surface area (Å²) in [5.41, 5.74) is -0.269. The molecule has 2 N–H and O–H groups in total. The minimum Gasteiger partial charge on any atom is -0.507 e. The number of nitrogens with one attached hydrogen (secondary N) is 1. The smallest absolute Gasteiger partial charge is 0.381 e. The van der Waals surface area contributed by atoms with Crippen molar-refractivity contribution in [2.75, 3.05) is 5.32 Å². The zero-order valence-electron chi connectivity index (χ0n) is 13.2. The summed E-state index contributed by atoms with van der Waals surface area (Å²) < 4.78 is 5.22. The van der Waals surface area contributed by atoms with Gasteiger partial charge in [-0.1, -0.05) is 48.0 Å². The Kier molecular flexibility index (Phi) is 3.05. The van der Waals surface area contributed by atoms with Crippen LogP contribution in [0.25, 0.3) is 5.76 Å². The van der Waals surface area contributed by atoms with Gasteiger partial charge in [0.1, 0.15) is 11.3 Å². The first-order chi connectivity index (χ1) is 11.9. The van der Waals surface area contributed by atoms with Gasteiger partial charge in [-0.25, -0.2) is 4.79 Å². The molecule has 2 heterocycles. The summed E-state index contributed by atoms with van der Waals surface area (Å²) in [6.07, 6.45) is 0. The Hall–Kier alpha value is -3.41. The number of fused-ring (bicyclic) bond motifs is 2. The van der Waals surface area contributed by atoms with Crippen molar-refractivity contribution in [3.63, 3.8) is 0 Å². The highest BCUT2D eigenvalue weighted by Gasteiger charge is 2.63. The number of hydrogen-bond acceptors (Lipinski definition) is 5. The number of aliphatic hydroxyl groups is 1. The molecule has 1 spiro atoms. The topological polar surface area (TPSA) is 92.7 Å². The van der Waals surface area contributed by atoms with Crippen LogP contribution in [0.1, 0.15) is 16.7 Å². The number of rotatable bonds is 1. The second-order valence-electron chi connectivity index (χ2n) is 5.99. The largest absolute Gasteiger partial charge is 0.507 e. The number of carbonyl (C=O) groups excluding carboxylic acids is 3. The van der Waals surface area contributed by atoms with Crippen molar-refractivity contribution in [3.05, 3.63) is 70.8 Å². The third-order valence-electron chi connectivity index (χ3n) is 4.45. The fourth-order valence-electron chi connectivity index (χ4n) is 3.21. The van der Waals surface area contributed by atoms with E-state index in [1.165, 1.54) is 0 Å². The second kappa shape index (κ2) is 5.04. The normalized spacial score (nSPS) is 23.5. The van der Waals surface area contributed by atoms with Crippen molar-refractivity contribution < 1.29 is 24.2 Å². The molecule has 0 radical (unpaired) electrons. The monoisotopic (exact) mass is 335 g/mol. The number of para-hydroxylation sites is 1. The Morgan fingerprint density at radius 3 is 2.44 bits per heavy atom. The molecule has 0 saturated carbocycles. The van der Waals surface area contributed by atoms with Crippen molar-refractivity contribution in [1.82, 2.24) is 0 Å². The SMILES string of the molecule is Cc1ccc(C(O)=C2C(=O)C(=O)O[C@@]23C(=O)Nc2ccccc23)cc1. The molecule has 2 aliphatic rings. The molecular formula is C19H13NO5. The van der Waals surface area contributed by atoms with Crippen molar-refractivity contribution in [3.8, 4) is 0 Å². The first-order valence-electron chi connectivity index (χ1n) is 7.64. The van der Waals surface area contributed by atoms with Crippen LogP contribution >= 0.6 is 0 Å². The van der Waals surface area contributed by atoms with Crippen LogP contribution < -0.4 is 5.32 Å². The quantitative estimate of drug-likeness (QED) is 0.361. The number of hydrogen-bond donors (Lipinski definition) is 2. The van der Waals surface area contributed by atoms with Crippen LogP contribution in [0.2, 0.25) is 0 Å². The van der Waals surface area contributed by atoms with Crippen LogP contribution in [0, 0.1) is 6.92 Å². The van der Waals surface area contributed by atoms with Gasteiger partial charge in [0.05, 0.1) is 0 Å². The van der Waals surface area contributed by atoms with E-state index in [1.807, 2.05) is 6.92 Å². The summed E-state index contributed by atoms with van der Waals surface area (Å²) in [6.45, 7) is 1.88. The molecule has 0 aliphatic carbocycles. The molecule has 0 unspecified atom stereocenters. The van der Waals surface area contributed by atoms with Gasteiger partial charge in [0.15, 0.2) is 0 Å². The van der Waals surface area contributed by atoms with E-state index in [0.29, 0.717) is 16.8 Å². The minimum atomic E-state index is -1.96. The summed E-state index contributed by atoms with van der Waals surface area (Å²) in [6, 6.07) is 13.3. The van der Waals surface area contributed by atoms with Gasteiger partial charge in [-0.15, -0.1) is 0 Å². The van der Waals surface area contributed by atoms with Crippen LogP contribution in [0.3, 0.4) is 0 Å². The molecule has 124 valence electrons. The second-order valence-corrected chi connectivity index (χ2v) is 5.99. The molecule has 2 aliphatic heterocycles. The number of ketones is 1. The van der Waals surface area contributed by atoms with E-state index >= 15 is 0 Å². The Balaban J connectivity index is 2.01. The van der Waals surface area contributed by atoms with Gasteiger partial charge >= 0.3 is 5.97 Å². The average molecular weight is 335 g/mol. The molecule has 1 atom stereocenters. The molecule has 6 nitrogen and oxygen atoms in total. The third-order valence-corrected chi connectivity index (χ3v) is 4.45. The molecule has 4 rings (SSSR count). The van der Waals surface area contributed by atoms with Crippen LogP contribution in [-0.4, -0.2) is 22.8 Å². The fraction of sp³-hybridized carbons (Fsp3) is 0.105. The number of benzene rings is 2. The van der Waals surface area contributed by atoms with Crippen LogP contribution in [0.15, 0.2) is 54.1 Å². The van der Waals surface area contributed by atoms with Gasteiger partial charge in [0.25, 0.3) is 17.3 Å². The van der Waals surface area contributed by atoms with E-state index in [9.17, 15) is 19.5 Å².